The van der Waals surface area contributed by atoms with E-state index < -0.39 is 0 Å². The van der Waals surface area contributed by atoms with Crippen LogP contribution in [0.25, 0.3) is 5.57 Å². The number of carbonyl (C=O) groups is 2. The normalized spacial score (nSPS) is 14.7. The second-order valence-electron chi connectivity index (χ2n) is 7.58. The molecule has 0 aliphatic carbocycles. The highest BCUT2D eigenvalue weighted by Crippen LogP contribution is 2.31. The van der Waals surface area contributed by atoms with Gasteiger partial charge in [0, 0.05) is 12.2 Å². The maximum atomic E-state index is 12.9. The van der Waals surface area contributed by atoms with Crippen molar-refractivity contribution in [3.05, 3.63) is 84.1 Å². The Kier molecular flexibility index (Phi) is 5.00. The second-order valence-corrected chi connectivity index (χ2v) is 7.58. The van der Waals surface area contributed by atoms with E-state index >= 15 is 0 Å². The number of amides is 2. The third-order valence-electron chi connectivity index (χ3n) is 4.56. The fraction of sp³-hybridized carbons (Fsp3) is 0.217. The number of benzene rings is 2. The molecular formula is C23H24N2O2. The van der Waals surface area contributed by atoms with Gasteiger partial charge >= 0.3 is 0 Å². The highest BCUT2D eigenvalue weighted by atomic mass is 16.2. The average Bonchev–Trinajstić information content (AvgIpc) is 2.87. The van der Waals surface area contributed by atoms with Crippen LogP contribution in [0, 0.1) is 0 Å². The average molecular weight is 360 g/mol. The van der Waals surface area contributed by atoms with E-state index in [2.05, 4.69) is 32.7 Å². The third-order valence-corrected chi connectivity index (χ3v) is 4.56. The van der Waals surface area contributed by atoms with Crippen LogP contribution in [0.15, 0.2) is 72.9 Å². The number of nitrogens with zero attached hydrogens (tertiary/aromatic N) is 1. The van der Waals surface area contributed by atoms with E-state index in [9.17, 15) is 9.59 Å². The fourth-order valence-electron chi connectivity index (χ4n) is 3.06. The molecule has 2 aromatic carbocycles. The van der Waals surface area contributed by atoms with Crippen molar-refractivity contribution in [3.8, 4) is 0 Å². The van der Waals surface area contributed by atoms with E-state index in [-0.39, 0.29) is 23.8 Å². The van der Waals surface area contributed by atoms with Crippen molar-refractivity contribution in [2.24, 2.45) is 0 Å². The Morgan fingerprint density at radius 3 is 2.15 bits per heavy atom. The van der Waals surface area contributed by atoms with Crippen LogP contribution in [0.4, 0.5) is 5.69 Å². The predicted molar refractivity (Wildman–Crippen MR) is 109 cm³/mol. The van der Waals surface area contributed by atoms with Gasteiger partial charge in [0.1, 0.15) is 5.70 Å². The van der Waals surface area contributed by atoms with Crippen molar-refractivity contribution < 1.29 is 9.59 Å². The molecule has 0 saturated carbocycles. The summed E-state index contributed by atoms with van der Waals surface area (Å²) in [6, 6.07) is 17.2. The minimum atomic E-state index is -0.335. The van der Waals surface area contributed by atoms with Crippen LogP contribution < -0.4 is 5.32 Å². The Balaban J connectivity index is 2.00. The molecule has 1 aliphatic rings. The van der Waals surface area contributed by atoms with Gasteiger partial charge in [0.05, 0.1) is 5.57 Å². The maximum absolute atomic E-state index is 12.9. The number of nitrogens with one attached hydrogen (secondary N) is 1. The lowest BCUT2D eigenvalue weighted by molar-refractivity contribution is -0.136. The number of hydrogen-bond donors (Lipinski definition) is 1. The molecule has 4 nitrogen and oxygen atoms in total. The van der Waals surface area contributed by atoms with Crippen LogP contribution in [0.5, 0.6) is 0 Å². The summed E-state index contributed by atoms with van der Waals surface area (Å²) in [4.78, 5) is 26.9. The first-order chi connectivity index (χ1) is 12.8. The smallest absolute Gasteiger partial charge is 0.278 e. The van der Waals surface area contributed by atoms with Gasteiger partial charge in [-0.25, -0.2) is 0 Å². The van der Waals surface area contributed by atoms with Crippen LogP contribution in [0.2, 0.25) is 0 Å². The lowest BCUT2D eigenvalue weighted by Gasteiger charge is -2.19. The monoisotopic (exact) mass is 360 g/mol. The van der Waals surface area contributed by atoms with Crippen molar-refractivity contribution >= 4 is 23.1 Å². The summed E-state index contributed by atoms with van der Waals surface area (Å²) in [5, 5.41) is 3.17. The minimum absolute atomic E-state index is 0.0485. The van der Waals surface area contributed by atoms with Gasteiger partial charge in [-0.3, -0.25) is 14.5 Å². The molecule has 3 rings (SSSR count). The molecule has 138 valence electrons. The topological polar surface area (TPSA) is 49.4 Å². The zero-order valence-electron chi connectivity index (χ0n) is 16.0. The first kappa shape index (κ1) is 18.6. The summed E-state index contributed by atoms with van der Waals surface area (Å²) in [5.74, 6) is -0.640. The fourth-order valence-corrected chi connectivity index (χ4v) is 3.06. The molecule has 1 heterocycles. The van der Waals surface area contributed by atoms with Gasteiger partial charge in [-0.15, -0.1) is 6.58 Å². The molecule has 27 heavy (non-hydrogen) atoms. The molecule has 1 N–H and O–H groups in total. The van der Waals surface area contributed by atoms with Gasteiger partial charge in [0.2, 0.25) is 0 Å². The molecule has 4 heteroatoms. The lowest BCUT2D eigenvalue weighted by atomic mass is 9.87. The third kappa shape index (κ3) is 3.70. The molecule has 0 saturated heterocycles. The highest BCUT2D eigenvalue weighted by molar-refractivity contribution is 6.36. The summed E-state index contributed by atoms with van der Waals surface area (Å²) in [6.45, 7) is 10.3. The summed E-state index contributed by atoms with van der Waals surface area (Å²) < 4.78 is 0. The highest BCUT2D eigenvalue weighted by Gasteiger charge is 2.38. The van der Waals surface area contributed by atoms with Crippen molar-refractivity contribution in [2.45, 2.75) is 26.2 Å². The van der Waals surface area contributed by atoms with E-state index in [4.69, 9.17) is 0 Å². The molecule has 2 amide bonds. The molecule has 0 spiro atoms. The van der Waals surface area contributed by atoms with Gasteiger partial charge < -0.3 is 5.32 Å². The first-order valence-corrected chi connectivity index (χ1v) is 8.97. The largest absolute Gasteiger partial charge is 0.350 e. The maximum Gasteiger partial charge on any atom is 0.278 e. The summed E-state index contributed by atoms with van der Waals surface area (Å²) in [6.07, 6.45) is 1.56. The van der Waals surface area contributed by atoms with Crippen LogP contribution >= 0.6 is 0 Å². The summed E-state index contributed by atoms with van der Waals surface area (Å²) >= 11 is 0. The molecule has 1 aliphatic heterocycles. The summed E-state index contributed by atoms with van der Waals surface area (Å²) in [7, 11) is 0. The number of imide groups is 1. The number of anilines is 1. The van der Waals surface area contributed by atoms with Crippen LogP contribution in [-0.2, 0) is 15.0 Å². The predicted octanol–water partition coefficient (Wildman–Crippen LogP) is 4.36. The molecule has 0 aromatic heterocycles. The van der Waals surface area contributed by atoms with Gasteiger partial charge in [-0.05, 0) is 28.7 Å². The Hall–Kier alpha value is -3.14. The number of hydrogen-bond acceptors (Lipinski definition) is 3. The van der Waals surface area contributed by atoms with Crippen molar-refractivity contribution in [3.63, 3.8) is 0 Å². The van der Waals surface area contributed by atoms with E-state index in [1.54, 1.807) is 6.08 Å². The van der Waals surface area contributed by atoms with Crippen LogP contribution in [-0.4, -0.2) is 23.3 Å². The molecular weight excluding hydrogens is 336 g/mol. The van der Waals surface area contributed by atoms with E-state index in [0.29, 0.717) is 11.3 Å². The van der Waals surface area contributed by atoms with E-state index in [0.717, 1.165) is 11.3 Å². The quantitative estimate of drug-likeness (QED) is 0.636. The first-order valence-electron chi connectivity index (χ1n) is 8.97. The van der Waals surface area contributed by atoms with Gasteiger partial charge in [-0.2, -0.15) is 0 Å². The molecule has 0 unspecified atom stereocenters. The van der Waals surface area contributed by atoms with Crippen molar-refractivity contribution in [1.82, 2.24) is 4.90 Å². The van der Waals surface area contributed by atoms with Gasteiger partial charge in [-0.1, -0.05) is 69.3 Å². The minimum Gasteiger partial charge on any atom is -0.350 e. The molecule has 0 fully saturated rings. The molecule has 0 bridgehead atoms. The molecule has 0 radical (unpaired) electrons. The number of carbonyl (C=O) groups excluding carboxylic acids is 2. The zero-order chi connectivity index (χ0) is 19.6. The summed E-state index contributed by atoms with van der Waals surface area (Å²) in [5.41, 5.74) is 3.43. The van der Waals surface area contributed by atoms with Crippen molar-refractivity contribution in [2.75, 3.05) is 11.9 Å². The van der Waals surface area contributed by atoms with E-state index in [1.165, 1.54) is 10.5 Å². The van der Waals surface area contributed by atoms with Crippen LogP contribution in [0.1, 0.15) is 31.9 Å². The Morgan fingerprint density at radius 2 is 1.59 bits per heavy atom. The molecule has 2 aromatic rings. The van der Waals surface area contributed by atoms with Crippen molar-refractivity contribution in [1.29, 1.82) is 0 Å². The zero-order valence-corrected chi connectivity index (χ0v) is 16.0. The molecule has 0 atom stereocenters. The van der Waals surface area contributed by atoms with E-state index in [1.807, 2.05) is 54.6 Å². The Morgan fingerprint density at radius 1 is 0.963 bits per heavy atom. The van der Waals surface area contributed by atoms with Gasteiger partial charge in [0.15, 0.2) is 0 Å². The number of rotatable bonds is 5. The lowest BCUT2D eigenvalue weighted by Crippen LogP contribution is -2.32. The SMILES string of the molecule is C=CCN1C(=O)C(Nc2ccc(C(C)(C)C)cc2)=C(c2ccccc2)C1=O. The Bertz CT molecular complexity index is 904. The van der Waals surface area contributed by atoms with Gasteiger partial charge in [0.25, 0.3) is 11.8 Å². The Labute approximate surface area is 160 Å². The van der Waals surface area contributed by atoms with Crippen LogP contribution in [0.3, 0.4) is 0 Å². The standard InChI is InChI=1S/C23H24N2O2/c1-5-15-25-21(26)19(16-9-7-6-8-10-16)20(22(25)27)24-18-13-11-17(12-14-18)23(2,3)4/h5-14,24H,1,15H2,2-4H3. The second kappa shape index (κ2) is 7.23.